The number of hydrogen-bond donors (Lipinski definition) is 2. The van der Waals surface area contributed by atoms with Gasteiger partial charge in [0.05, 0.1) is 0 Å². The van der Waals surface area contributed by atoms with Crippen LogP contribution in [0.2, 0.25) is 0 Å². The maximum absolute atomic E-state index is 11.0. The van der Waals surface area contributed by atoms with Crippen molar-refractivity contribution in [3.8, 4) is 0 Å². The van der Waals surface area contributed by atoms with E-state index in [0.717, 1.165) is 32.5 Å². The number of likely N-dealkylation sites (tertiary alicyclic amines) is 1. The maximum Gasteiger partial charge on any atom is 0.358 e. The van der Waals surface area contributed by atoms with Gasteiger partial charge in [0.15, 0.2) is 11.5 Å². The number of carbonyl (C=O) groups is 1. The first-order valence-electron chi connectivity index (χ1n) is 6.13. The molecule has 0 aliphatic carbocycles. The van der Waals surface area contributed by atoms with Crippen LogP contribution in [0.5, 0.6) is 0 Å². The lowest BCUT2D eigenvalue weighted by Crippen LogP contribution is -2.33. The normalized spacial score (nSPS) is 17.6. The highest BCUT2D eigenvalue weighted by Gasteiger charge is 2.18. The SMILES string of the molecule is CN1CCC(CNc2nccnc2C(=O)O)CC1. The fourth-order valence-corrected chi connectivity index (χ4v) is 2.13. The summed E-state index contributed by atoms with van der Waals surface area (Å²) in [5.41, 5.74) is -0.00886. The molecular formula is C12H18N4O2. The number of aromatic nitrogens is 2. The van der Waals surface area contributed by atoms with Crippen LogP contribution in [0, 0.1) is 5.92 Å². The molecule has 2 N–H and O–H groups in total. The molecule has 1 aromatic rings. The first-order valence-corrected chi connectivity index (χ1v) is 6.13. The van der Waals surface area contributed by atoms with E-state index in [1.54, 1.807) is 0 Å². The zero-order valence-corrected chi connectivity index (χ0v) is 10.5. The van der Waals surface area contributed by atoms with Crippen molar-refractivity contribution in [3.05, 3.63) is 18.1 Å². The Hall–Kier alpha value is -1.69. The second-order valence-electron chi connectivity index (χ2n) is 4.69. The summed E-state index contributed by atoms with van der Waals surface area (Å²) in [5.74, 6) is -0.109. The molecule has 1 saturated heterocycles. The second-order valence-corrected chi connectivity index (χ2v) is 4.69. The van der Waals surface area contributed by atoms with Crippen LogP contribution in [0.4, 0.5) is 5.82 Å². The summed E-state index contributed by atoms with van der Waals surface area (Å²) < 4.78 is 0. The molecule has 98 valence electrons. The monoisotopic (exact) mass is 250 g/mol. The predicted octanol–water partition coefficient (Wildman–Crippen LogP) is 0.928. The molecule has 0 aromatic carbocycles. The molecule has 0 saturated carbocycles. The van der Waals surface area contributed by atoms with Gasteiger partial charge < -0.3 is 15.3 Å². The first kappa shape index (κ1) is 12.8. The van der Waals surface area contributed by atoms with E-state index in [4.69, 9.17) is 5.11 Å². The quantitative estimate of drug-likeness (QED) is 0.827. The number of carboxylic acid groups (broad SMARTS) is 1. The van der Waals surface area contributed by atoms with Gasteiger partial charge in [-0.25, -0.2) is 14.8 Å². The van der Waals surface area contributed by atoms with Gasteiger partial charge in [0.25, 0.3) is 0 Å². The number of aromatic carboxylic acids is 1. The highest BCUT2D eigenvalue weighted by Crippen LogP contribution is 2.17. The topological polar surface area (TPSA) is 78.3 Å². The minimum Gasteiger partial charge on any atom is -0.476 e. The Morgan fingerprint density at radius 2 is 2.11 bits per heavy atom. The second kappa shape index (κ2) is 5.77. The molecule has 0 radical (unpaired) electrons. The Bertz CT molecular complexity index is 416. The minimum absolute atomic E-state index is 0.00886. The molecule has 0 bridgehead atoms. The molecule has 1 fully saturated rings. The highest BCUT2D eigenvalue weighted by atomic mass is 16.4. The van der Waals surface area contributed by atoms with Gasteiger partial charge in [0.1, 0.15) is 0 Å². The summed E-state index contributed by atoms with van der Waals surface area (Å²) in [6, 6.07) is 0. The molecule has 2 heterocycles. The average Bonchev–Trinajstić information content (AvgIpc) is 2.38. The number of piperidine rings is 1. The molecule has 6 nitrogen and oxygen atoms in total. The Morgan fingerprint density at radius 1 is 1.44 bits per heavy atom. The van der Waals surface area contributed by atoms with E-state index in [-0.39, 0.29) is 5.69 Å². The van der Waals surface area contributed by atoms with E-state index < -0.39 is 5.97 Å². The third kappa shape index (κ3) is 3.16. The van der Waals surface area contributed by atoms with Crippen molar-refractivity contribution >= 4 is 11.8 Å². The zero-order valence-electron chi connectivity index (χ0n) is 10.5. The summed E-state index contributed by atoms with van der Waals surface area (Å²) >= 11 is 0. The average molecular weight is 250 g/mol. The first-order chi connectivity index (χ1) is 8.66. The van der Waals surface area contributed by atoms with Gasteiger partial charge in [0.2, 0.25) is 0 Å². The summed E-state index contributed by atoms with van der Waals surface area (Å²) in [6.07, 6.45) is 5.16. The van der Waals surface area contributed by atoms with Crippen LogP contribution >= 0.6 is 0 Å². The van der Waals surface area contributed by atoms with Gasteiger partial charge in [-0.3, -0.25) is 0 Å². The lowest BCUT2D eigenvalue weighted by atomic mass is 9.97. The molecule has 1 aliphatic heterocycles. The third-order valence-electron chi connectivity index (χ3n) is 3.30. The van der Waals surface area contributed by atoms with Crippen molar-refractivity contribution < 1.29 is 9.90 Å². The Morgan fingerprint density at radius 3 is 2.78 bits per heavy atom. The van der Waals surface area contributed by atoms with Gasteiger partial charge in [-0.15, -0.1) is 0 Å². The fourth-order valence-electron chi connectivity index (χ4n) is 2.13. The molecule has 0 atom stereocenters. The number of rotatable bonds is 4. The van der Waals surface area contributed by atoms with Crippen LogP contribution in [0.1, 0.15) is 23.3 Å². The fraction of sp³-hybridized carbons (Fsp3) is 0.583. The van der Waals surface area contributed by atoms with E-state index in [2.05, 4.69) is 27.2 Å². The number of nitrogens with zero attached hydrogens (tertiary/aromatic N) is 3. The summed E-state index contributed by atoms with van der Waals surface area (Å²) in [5, 5.41) is 12.1. The van der Waals surface area contributed by atoms with Crippen LogP contribution in [-0.4, -0.2) is 52.6 Å². The van der Waals surface area contributed by atoms with Gasteiger partial charge in [-0.2, -0.15) is 0 Å². The number of anilines is 1. The minimum atomic E-state index is -1.05. The molecule has 18 heavy (non-hydrogen) atoms. The van der Waals surface area contributed by atoms with Crippen molar-refractivity contribution in [1.82, 2.24) is 14.9 Å². The standard InChI is InChI=1S/C12H18N4O2/c1-16-6-2-9(3-7-16)8-15-11-10(12(17)18)13-4-5-14-11/h4-5,9H,2-3,6-8H2,1H3,(H,14,15)(H,17,18). The van der Waals surface area contributed by atoms with Gasteiger partial charge in [-0.1, -0.05) is 0 Å². The van der Waals surface area contributed by atoms with Crippen molar-refractivity contribution in [1.29, 1.82) is 0 Å². The van der Waals surface area contributed by atoms with Gasteiger partial charge >= 0.3 is 5.97 Å². The van der Waals surface area contributed by atoms with Gasteiger partial charge in [-0.05, 0) is 38.9 Å². The van der Waals surface area contributed by atoms with Gasteiger partial charge in [0, 0.05) is 18.9 Å². The van der Waals surface area contributed by atoms with E-state index in [1.165, 1.54) is 12.4 Å². The van der Waals surface area contributed by atoms with Crippen molar-refractivity contribution in [2.45, 2.75) is 12.8 Å². The Balaban J connectivity index is 1.92. The molecule has 1 aliphatic rings. The summed E-state index contributed by atoms with van der Waals surface area (Å²) in [4.78, 5) is 21.1. The predicted molar refractivity (Wildman–Crippen MR) is 67.7 cm³/mol. The Kier molecular flexibility index (Phi) is 4.09. The lowest BCUT2D eigenvalue weighted by molar-refractivity contribution is 0.0691. The van der Waals surface area contributed by atoms with Crippen LogP contribution in [-0.2, 0) is 0 Å². The molecule has 1 aromatic heterocycles. The van der Waals surface area contributed by atoms with Crippen LogP contribution in [0.25, 0.3) is 0 Å². The van der Waals surface area contributed by atoms with Crippen molar-refractivity contribution in [2.75, 3.05) is 32.0 Å². The summed E-state index contributed by atoms with van der Waals surface area (Å²) in [6.45, 7) is 2.95. The van der Waals surface area contributed by atoms with E-state index >= 15 is 0 Å². The number of hydrogen-bond acceptors (Lipinski definition) is 5. The molecule has 6 heteroatoms. The summed E-state index contributed by atoms with van der Waals surface area (Å²) in [7, 11) is 2.12. The molecular weight excluding hydrogens is 232 g/mol. The van der Waals surface area contributed by atoms with Crippen LogP contribution < -0.4 is 5.32 Å². The lowest BCUT2D eigenvalue weighted by Gasteiger charge is -2.29. The van der Waals surface area contributed by atoms with Crippen LogP contribution in [0.3, 0.4) is 0 Å². The van der Waals surface area contributed by atoms with E-state index in [0.29, 0.717) is 11.7 Å². The maximum atomic E-state index is 11.0. The number of carboxylic acids is 1. The largest absolute Gasteiger partial charge is 0.476 e. The number of nitrogens with one attached hydrogen (secondary N) is 1. The van der Waals surface area contributed by atoms with Crippen molar-refractivity contribution in [2.24, 2.45) is 5.92 Å². The van der Waals surface area contributed by atoms with Crippen molar-refractivity contribution in [3.63, 3.8) is 0 Å². The van der Waals surface area contributed by atoms with Crippen LogP contribution in [0.15, 0.2) is 12.4 Å². The Labute approximate surface area is 106 Å². The highest BCUT2D eigenvalue weighted by molar-refractivity contribution is 5.90. The smallest absolute Gasteiger partial charge is 0.358 e. The zero-order chi connectivity index (χ0) is 13.0. The third-order valence-corrected chi connectivity index (χ3v) is 3.30. The molecule has 0 unspecified atom stereocenters. The molecule has 0 spiro atoms. The molecule has 0 amide bonds. The molecule has 2 rings (SSSR count). The van der Waals surface area contributed by atoms with E-state index in [9.17, 15) is 4.79 Å². The van der Waals surface area contributed by atoms with E-state index in [1.807, 2.05) is 0 Å².